The van der Waals surface area contributed by atoms with E-state index in [2.05, 4.69) is 178 Å². The average molecular weight is 775 g/mol. The van der Waals surface area contributed by atoms with Gasteiger partial charge in [-0.25, -0.2) is 4.98 Å². The van der Waals surface area contributed by atoms with Crippen LogP contribution in [0.3, 0.4) is 0 Å². The predicted molar refractivity (Wildman–Crippen MR) is 243 cm³/mol. The van der Waals surface area contributed by atoms with Gasteiger partial charge in [0.1, 0.15) is 5.37 Å². The van der Waals surface area contributed by atoms with Gasteiger partial charge >= 0.3 is 0 Å². The Kier molecular flexibility index (Phi) is 7.74. The molecule has 0 spiro atoms. The molecule has 0 fully saturated rings. The highest BCUT2D eigenvalue weighted by molar-refractivity contribution is 8.00. The van der Waals surface area contributed by atoms with E-state index in [-0.39, 0.29) is 5.37 Å². The van der Waals surface area contributed by atoms with Crippen LogP contribution in [0.4, 0.5) is 11.4 Å². The van der Waals surface area contributed by atoms with Crippen LogP contribution in [0.15, 0.2) is 205 Å². The Morgan fingerprint density at radius 2 is 1.02 bits per heavy atom. The molecule has 278 valence electrons. The maximum Gasteiger partial charge on any atom is 0.238 e. The predicted octanol–water partition coefficient (Wildman–Crippen LogP) is 13.3. The molecule has 8 aromatic carbocycles. The minimum atomic E-state index is 0.0700. The van der Waals surface area contributed by atoms with Crippen molar-refractivity contribution in [3.8, 4) is 34.4 Å². The Bertz CT molecular complexity index is 3300. The number of thioether (sulfide) groups is 1. The van der Waals surface area contributed by atoms with E-state index in [1.807, 2.05) is 48.2 Å². The van der Waals surface area contributed by atoms with Crippen molar-refractivity contribution in [2.24, 2.45) is 0 Å². The molecule has 1 unspecified atom stereocenters. The maximum absolute atomic E-state index is 5.28. The van der Waals surface area contributed by atoms with E-state index < -0.39 is 0 Å². The summed E-state index contributed by atoms with van der Waals surface area (Å²) in [5, 5.41) is 4.72. The van der Waals surface area contributed by atoms with Crippen LogP contribution >= 0.6 is 11.8 Å². The van der Waals surface area contributed by atoms with E-state index in [1.165, 1.54) is 26.9 Å². The van der Waals surface area contributed by atoms with Crippen LogP contribution in [0.2, 0.25) is 0 Å². The lowest BCUT2D eigenvalue weighted by molar-refractivity contribution is 0.951. The van der Waals surface area contributed by atoms with Gasteiger partial charge in [-0.2, -0.15) is 9.97 Å². The number of nitrogens with zero attached hydrogens (tertiary/aromatic N) is 6. The van der Waals surface area contributed by atoms with Gasteiger partial charge in [0.25, 0.3) is 0 Å². The lowest BCUT2D eigenvalue weighted by Gasteiger charge is -2.27. The molecule has 0 saturated carbocycles. The number of aromatic nitrogens is 5. The van der Waals surface area contributed by atoms with Crippen molar-refractivity contribution in [3.63, 3.8) is 0 Å². The average Bonchev–Trinajstić information content (AvgIpc) is 3.98. The summed E-state index contributed by atoms with van der Waals surface area (Å²) in [5.74, 6) is 1.81. The zero-order valence-electron chi connectivity index (χ0n) is 31.7. The standard InChI is InChI=1S/C52H34N6S/c1-5-17-34(18-6-1)49-53-50(35-19-7-2-8-20-35)55-52(54-49)58-43-31-29-38(57-44-27-15-16-28-46(44)59-51(57)36-21-9-3-10-22-36)33-41(43)47-45(58)32-30-40-39-25-13-14-26-42(39)56(48(40)47)37-23-11-4-12-24-37/h1-33,51H. The summed E-state index contributed by atoms with van der Waals surface area (Å²) in [6.07, 6.45) is 0. The fraction of sp³-hybridized carbons (Fsp3) is 0.0192. The maximum atomic E-state index is 5.28. The largest absolute Gasteiger partial charge is 0.323 e. The second-order valence-electron chi connectivity index (χ2n) is 14.8. The van der Waals surface area contributed by atoms with Crippen LogP contribution in [0.1, 0.15) is 10.9 Å². The van der Waals surface area contributed by atoms with Gasteiger partial charge in [-0.05, 0) is 60.2 Å². The van der Waals surface area contributed by atoms with Crippen molar-refractivity contribution in [1.29, 1.82) is 0 Å². The summed E-state index contributed by atoms with van der Waals surface area (Å²) in [7, 11) is 0. The van der Waals surface area contributed by atoms with Crippen LogP contribution in [0, 0.1) is 0 Å². The van der Waals surface area contributed by atoms with Gasteiger partial charge in [0.05, 0.1) is 27.8 Å². The Labute approximate surface area is 344 Å². The molecule has 11 aromatic rings. The van der Waals surface area contributed by atoms with E-state index >= 15 is 0 Å². The number of fused-ring (bicyclic) bond motifs is 8. The zero-order valence-corrected chi connectivity index (χ0v) is 32.5. The second-order valence-corrected chi connectivity index (χ2v) is 15.9. The Hall–Kier alpha value is -7.48. The van der Waals surface area contributed by atoms with Gasteiger partial charge < -0.3 is 9.47 Å². The Morgan fingerprint density at radius 3 is 1.75 bits per heavy atom. The monoisotopic (exact) mass is 774 g/mol. The molecule has 0 N–H and O–H groups in total. The fourth-order valence-electron chi connectivity index (χ4n) is 8.82. The molecule has 1 aliphatic rings. The van der Waals surface area contributed by atoms with Gasteiger partial charge in [-0.15, -0.1) is 0 Å². The quantitative estimate of drug-likeness (QED) is 0.168. The summed E-state index contributed by atoms with van der Waals surface area (Å²) in [6.45, 7) is 0. The first-order chi connectivity index (χ1) is 29.3. The van der Waals surface area contributed by atoms with Crippen molar-refractivity contribution >= 4 is 66.7 Å². The summed E-state index contributed by atoms with van der Waals surface area (Å²) in [6, 6.07) is 70.8. The molecule has 3 aromatic heterocycles. The molecular weight excluding hydrogens is 741 g/mol. The highest BCUT2D eigenvalue weighted by Gasteiger charge is 2.33. The molecule has 1 atom stereocenters. The van der Waals surface area contributed by atoms with Crippen LogP contribution in [-0.2, 0) is 0 Å². The van der Waals surface area contributed by atoms with Crippen molar-refractivity contribution in [2.45, 2.75) is 10.3 Å². The van der Waals surface area contributed by atoms with E-state index in [9.17, 15) is 0 Å². The van der Waals surface area contributed by atoms with Crippen LogP contribution in [0.25, 0.3) is 78.0 Å². The number of para-hydroxylation sites is 3. The molecule has 12 rings (SSSR count). The summed E-state index contributed by atoms with van der Waals surface area (Å²) in [5.41, 5.74) is 10.9. The third kappa shape index (κ3) is 5.39. The van der Waals surface area contributed by atoms with Crippen LogP contribution < -0.4 is 4.90 Å². The smallest absolute Gasteiger partial charge is 0.238 e. The minimum absolute atomic E-state index is 0.0700. The lowest BCUT2D eigenvalue weighted by Crippen LogP contribution is -2.17. The van der Waals surface area contributed by atoms with Crippen molar-refractivity contribution in [3.05, 3.63) is 206 Å². The van der Waals surface area contributed by atoms with Gasteiger partial charge in [0.2, 0.25) is 5.95 Å². The third-order valence-electron chi connectivity index (χ3n) is 11.4. The highest BCUT2D eigenvalue weighted by atomic mass is 32.2. The van der Waals surface area contributed by atoms with Gasteiger partial charge in [-0.1, -0.05) is 157 Å². The summed E-state index contributed by atoms with van der Waals surface area (Å²) >= 11 is 1.90. The normalized spacial score (nSPS) is 13.8. The van der Waals surface area contributed by atoms with Gasteiger partial charge in [0, 0.05) is 48.9 Å². The van der Waals surface area contributed by atoms with Crippen LogP contribution in [0.5, 0.6) is 0 Å². The minimum Gasteiger partial charge on any atom is -0.323 e. The lowest BCUT2D eigenvalue weighted by atomic mass is 10.1. The third-order valence-corrected chi connectivity index (χ3v) is 12.7. The number of hydrogen-bond acceptors (Lipinski definition) is 5. The SMILES string of the molecule is c1ccc(-c2nc(-c3ccccc3)nc(-n3c4ccc(N5c6ccccc6SC5c5ccccc5)cc4c4c3ccc3c5ccccc5n(-c5ccccc5)c34)n2)cc1. The molecule has 0 saturated heterocycles. The summed E-state index contributed by atoms with van der Waals surface area (Å²) < 4.78 is 4.66. The first kappa shape index (κ1) is 33.6. The van der Waals surface area contributed by atoms with E-state index in [1.54, 1.807) is 0 Å². The number of benzene rings is 8. The molecule has 0 amide bonds. The number of rotatable bonds is 6. The summed E-state index contributed by atoms with van der Waals surface area (Å²) in [4.78, 5) is 19.4. The molecule has 0 bridgehead atoms. The first-order valence-electron chi connectivity index (χ1n) is 19.8. The van der Waals surface area contributed by atoms with Gasteiger partial charge in [0.15, 0.2) is 11.6 Å². The first-order valence-corrected chi connectivity index (χ1v) is 20.7. The Morgan fingerprint density at radius 1 is 0.424 bits per heavy atom. The van der Waals surface area contributed by atoms with E-state index in [0.717, 1.165) is 55.3 Å². The number of anilines is 2. The Balaban J connectivity index is 1.21. The topological polar surface area (TPSA) is 51.8 Å². The fourth-order valence-corrected chi connectivity index (χ4v) is 10.1. The molecule has 1 aliphatic heterocycles. The van der Waals surface area contributed by atoms with Gasteiger partial charge in [-0.3, -0.25) is 4.57 Å². The van der Waals surface area contributed by atoms with Crippen LogP contribution in [-0.4, -0.2) is 24.1 Å². The zero-order chi connectivity index (χ0) is 38.9. The molecule has 4 heterocycles. The molecule has 7 heteroatoms. The second kappa shape index (κ2) is 13.6. The molecular formula is C52H34N6S. The highest BCUT2D eigenvalue weighted by Crippen LogP contribution is 2.55. The van der Waals surface area contributed by atoms with E-state index in [0.29, 0.717) is 17.6 Å². The van der Waals surface area contributed by atoms with Crippen molar-refractivity contribution < 1.29 is 0 Å². The molecule has 0 aliphatic carbocycles. The van der Waals surface area contributed by atoms with E-state index in [4.69, 9.17) is 15.0 Å². The molecule has 0 radical (unpaired) electrons. The van der Waals surface area contributed by atoms with Crippen molar-refractivity contribution in [1.82, 2.24) is 24.1 Å². The number of hydrogen-bond donors (Lipinski definition) is 0. The van der Waals surface area contributed by atoms with Crippen molar-refractivity contribution in [2.75, 3.05) is 4.90 Å². The molecule has 59 heavy (non-hydrogen) atoms. The molecule has 6 nitrogen and oxygen atoms in total.